The van der Waals surface area contributed by atoms with Gasteiger partial charge in [-0.25, -0.2) is 24.5 Å². The monoisotopic (exact) mass is 1190 g/mol. The number of nitrogens with zero attached hydrogens (tertiary/aromatic N) is 3. The van der Waals surface area contributed by atoms with Crippen molar-refractivity contribution in [1.82, 2.24) is 20.3 Å². The highest BCUT2D eigenvalue weighted by atomic mass is 35.5. The van der Waals surface area contributed by atoms with Gasteiger partial charge in [0.2, 0.25) is 0 Å². The van der Waals surface area contributed by atoms with Crippen LogP contribution in [0.2, 0.25) is 5.02 Å². The fourth-order valence-electron chi connectivity index (χ4n) is 8.78. The predicted molar refractivity (Wildman–Crippen MR) is 309 cm³/mol. The molecule has 10 aromatic rings. The Morgan fingerprint density at radius 1 is 0.500 bits per heavy atom. The molecule has 84 heavy (non-hydrogen) atoms. The van der Waals surface area contributed by atoms with Crippen LogP contribution in [0.15, 0.2) is 176 Å². The Labute approximate surface area is 483 Å². The minimum absolute atomic E-state index is 0.00124. The molecule has 428 valence electrons. The number of nitrogens with one attached hydrogen (secondary N) is 1. The van der Waals surface area contributed by atoms with Crippen LogP contribution in [-0.2, 0) is 34.5 Å². The first-order chi connectivity index (χ1) is 40.0. The van der Waals surface area contributed by atoms with E-state index in [1.807, 2.05) is 17.5 Å². The predicted octanol–water partition coefficient (Wildman–Crippen LogP) is 18.0. The Bertz CT molecular complexity index is 4070. The number of fused-ring (bicyclic) bond motifs is 3. The van der Waals surface area contributed by atoms with E-state index < -0.39 is 53.1 Å². The van der Waals surface area contributed by atoms with Gasteiger partial charge in [0, 0.05) is 21.0 Å². The van der Waals surface area contributed by atoms with Crippen molar-refractivity contribution in [2.24, 2.45) is 0 Å². The number of hydrogen-bond acceptors (Lipinski definition) is 9. The topological polar surface area (TPSA) is 120 Å². The second kappa shape index (κ2) is 25.9. The lowest BCUT2D eigenvalue weighted by Gasteiger charge is -2.15. The summed E-state index contributed by atoms with van der Waals surface area (Å²) >= 11 is 7.65. The average Bonchev–Trinajstić information content (AvgIpc) is 1.15. The van der Waals surface area contributed by atoms with Gasteiger partial charge in [-0.3, -0.25) is 4.79 Å². The number of pyridine rings is 3. The lowest BCUT2D eigenvalue weighted by molar-refractivity contribution is -0.137. The van der Waals surface area contributed by atoms with Crippen molar-refractivity contribution in [3.63, 3.8) is 0 Å². The second-order valence-corrected chi connectivity index (χ2v) is 19.6. The van der Waals surface area contributed by atoms with Gasteiger partial charge in [0.05, 0.1) is 58.0 Å². The Morgan fingerprint density at radius 3 is 1.24 bits per heavy atom. The molecule has 6 aromatic carbocycles. The van der Waals surface area contributed by atoms with Gasteiger partial charge in [-0.2, -0.15) is 39.5 Å². The standard InChI is InChI=1S/C24H17F3N2OS.C21H16F3NO2.C19H13ClF3NO2/c1-2-15-13-21(23(30)28-14-18-9-6-10-31-18)29-22-19(15)11-17(12-20(22)24(25,26)27)16-7-4-3-5-8-16;1-3-13-12-18(20(26)27-4-2)25-19-16(13)10-15(11-17(19)21(22,23)24)14-8-6-5-7-9-14;1-2-26-18(25)16-10-15(20)13-8-12(11-6-4-3-5-7-11)9-14(17(13)24-16)19(21,22)23/h2-13H,1,14H2,(H,28,30);3,5-12H,1,4H2,2H3;3-10H,2H2,1H3. The molecule has 0 fully saturated rings. The van der Waals surface area contributed by atoms with Gasteiger partial charge in [0.1, 0.15) is 11.4 Å². The molecule has 0 atom stereocenters. The van der Waals surface area contributed by atoms with Gasteiger partial charge < -0.3 is 14.8 Å². The number of thiophene rings is 1. The molecule has 0 aliphatic heterocycles. The van der Waals surface area contributed by atoms with Crippen molar-refractivity contribution in [3.8, 4) is 33.4 Å². The molecule has 0 saturated heterocycles. The summed E-state index contributed by atoms with van der Waals surface area (Å²) in [6.07, 6.45) is -11.1. The maximum absolute atomic E-state index is 14.0. The molecule has 4 aromatic heterocycles. The third-order valence-electron chi connectivity index (χ3n) is 12.6. The summed E-state index contributed by atoms with van der Waals surface area (Å²) < 4.78 is 134. The summed E-state index contributed by atoms with van der Waals surface area (Å²) in [7, 11) is 0. The minimum Gasteiger partial charge on any atom is -0.461 e. The number of ether oxygens (including phenoxy) is 2. The summed E-state index contributed by atoms with van der Waals surface area (Å²) in [5.41, 5.74) is -0.349. The summed E-state index contributed by atoms with van der Waals surface area (Å²) in [4.78, 5) is 49.4. The molecule has 0 spiro atoms. The van der Waals surface area contributed by atoms with Crippen molar-refractivity contribution in [2.45, 2.75) is 38.9 Å². The first kappa shape index (κ1) is 60.9. The fourth-order valence-corrected chi connectivity index (χ4v) is 9.67. The number of rotatable bonds is 12. The number of aromatic nitrogens is 3. The Balaban J connectivity index is 0.000000165. The molecule has 0 unspecified atom stereocenters. The highest BCUT2D eigenvalue weighted by Gasteiger charge is 2.37. The molecule has 0 radical (unpaired) electrons. The Hall–Kier alpha value is -9.20. The zero-order chi connectivity index (χ0) is 60.5. The normalized spacial score (nSPS) is 11.5. The van der Waals surface area contributed by atoms with Crippen molar-refractivity contribution in [1.29, 1.82) is 0 Å². The maximum atomic E-state index is 14.0. The van der Waals surface area contributed by atoms with Gasteiger partial charge in [0.15, 0.2) is 5.69 Å². The summed E-state index contributed by atoms with van der Waals surface area (Å²) in [5, 5.41) is 5.27. The van der Waals surface area contributed by atoms with Crippen LogP contribution in [0.3, 0.4) is 0 Å². The quantitative estimate of drug-likeness (QED) is 0.0949. The third kappa shape index (κ3) is 14.2. The van der Waals surface area contributed by atoms with Crippen molar-refractivity contribution < 1.29 is 63.4 Å². The molecule has 1 N–H and O–H groups in total. The largest absolute Gasteiger partial charge is 0.461 e. The van der Waals surface area contributed by atoms with E-state index in [1.54, 1.807) is 117 Å². The summed E-state index contributed by atoms with van der Waals surface area (Å²) in [6, 6.07) is 42.0. The number of halogens is 10. The van der Waals surface area contributed by atoms with E-state index in [2.05, 4.69) is 33.4 Å². The van der Waals surface area contributed by atoms with Crippen LogP contribution in [-0.4, -0.2) is 46.0 Å². The number of alkyl halides is 9. The fraction of sp³-hybridized carbons (Fsp3) is 0.125. The van der Waals surface area contributed by atoms with Crippen LogP contribution in [0.5, 0.6) is 0 Å². The van der Waals surface area contributed by atoms with Crippen LogP contribution in [0.25, 0.3) is 78.2 Å². The number of benzene rings is 6. The van der Waals surface area contributed by atoms with Crippen LogP contribution in [0.4, 0.5) is 39.5 Å². The molecule has 1 amide bonds. The van der Waals surface area contributed by atoms with E-state index in [0.29, 0.717) is 49.9 Å². The number of carbonyl (C=O) groups is 3. The van der Waals surface area contributed by atoms with Crippen LogP contribution >= 0.6 is 22.9 Å². The lowest BCUT2D eigenvalue weighted by atomic mass is 9.96. The number of carbonyl (C=O) groups excluding carboxylic acids is 3. The van der Waals surface area contributed by atoms with Crippen LogP contribution in [0.1, 0.15) is 78.0 Å². The molecule has 0 aliphatic carbocycles. The maximum Gasteiger partial charge on any atom is 0.418 e. The minimum atomic E-state index is -4.66. The molecule has 9 nitrogen and oxygen atoms in total. The molecule has 10 rings (SSSR count). The molecule has 0 saturated carbocycles. The van der Waals surface area contributed by atoms with E-state index in [-0.39, 0.29) is 69.2 Å². The van der Waals surface area contributed by atoms with E-state index in [1.165, 1.54) is 47.8 Å². The average molecular weight is 1190 g/mol. The number of esters is 2. The molecule has 0 aliphatic rings. The van der Waals surface area contributed by atoms with Crippen molar-refractivity contribution in [3.05, 3.63) is 231 Å². The third-order valence-corrected chi connectivity index (χ3v) is 13.8. The first-order valence-electron chi connectivity index (χ1n) is 25.4. The van der Waals surface area contributed by atoms with E-state index >= 15 is 0 Å². The molecule has 20 heteroatoms. The summed E-state index contributed by atoms with van der Waals surface area (Å²) in [6.45, 7) is 11.0. The van der Waals surface area contributed by atoms with Crippen molar-refractivity contribution >= 4 is 85.6 Å². The molecule has 4 heterocycles. The van der Waals surface area contributed by atoms with E-state index in [0.717, 1.165) is 23.1 Å². The van der Waals surface area contributed by atoms with Gasteiger partial charge in [0.25, 0.3) is 5.91 Å². The van der Waals surface area contributed by atoms with Gasteiger partial charge in [-0.15, -0.1) is 11.3 Å². The Morgan fingerprint density at radius 2 is 0.869 bits per heavy atom. The number of amides is 1. The SMILES string of the molecule is C=Cc1cc(C(=O)NCc2cccs2)nc2c(C(F)(F)F)cc(-c3ccccc3)cc12.C=Cc1cc(C(=O)OCC)nc2c(C(F)(F)F)cc(-c3ccccc3)cc12.CCOC(=O)c1cc(Cl)c2cc(-c3ccccc3)cc(C(F)(F)F)c2n1. The zero-order valence-electron chi connectivity index (χ0n) is 44.3. The lowest BCUT2D eigenvalue weighted by Crippen LogP contribution is -2.23. The van der Waals surface area contributed by atoms with E-state index in [4.69, 9.17) is 21.1 Å². The smallest absolute Gasteiger partial charge is 0.418 e. The van der Waals surface area contributed by atoms with Gasteiger partial charge >= 0.3 is 30.5 Å². The summed E-state index contributed by atoms with van der Waals surface area (Å²) in [5.74, 6) is -2.14. The first-order valence-corrected chi connectivity index (χ1v) is 26.7. The Kier molecular flexibility index (Phi) is 18.8. The van der Waals surface area contributed by atoms with Gasteiger partial charge in [-0.05, 0) is 124 Å². The highest BCUT2D eigenvalue weighted by molar-refractivity contribution is 7.09. The molecular weight excluding hydrogens is 1140 g/mol. The van der Waals surface area contributed by atoms with Gasteiger partial charge in [-0.1, -0.05) is 134 Å². The number of hydrogen-bond donors (Lipinski definition) is 1. The van der Waals surface area contributed by atoms with Crippen molar-refractivity contribution in [2.75, 3.05) is 13.2 Å². The molecular formula is C64H46ClF9N4O5S. The highest BCUT2D eigenvalue weighted by Crippen LogP contribution is 2.42. The zero-order valence-corrected chi connectivity index (χ0v) is 45.9. The van der Waals surface area contributed by atoms with Crippen LogP contribution in [0, 0.1) is 0 Å². The second-order valence-electron chi connectivity index (χ2n) is 18.1. The van der Waals surface area contributed by atoms with Crippen LogP contribution < -0.4 is 5.32 Å². The molecule has 0 bridgehead atoms. The van der Waals surface area contributed by atoms with E-state index in [9.17, 15) is 53.9 Å².